The van der Waals surface area contributed by atoms with Crippen molar-refractivity contribution in [2.75, 3.05) is 10.5 Å². The van der Waals surface area contributed by atoms with Gasteiger partial charge in [0.05, 0.1) is 45.0 Å². The third-order valence-electron chi connectivity index (χ3n) is 4.82. The molecular formula is C22H19ClFN5O3S. The van der Waals surface area contributed by atoms with Gasteiger partial charge in [-0.1, -0.05) is 18.5 Å². The van der Waals surface area contributed by atoms with Crippen molar-refractivity contribution in [3.05, 3.63) is 76.7 Å². The zero-order valence-electron chi connectivity index (χ0n) is 17.7. The Hall–Kier alpha value is -3.37. The number of aryl methyl sites for hydroxylation is 1. The van der Waals surface area contributed by atoms with E-state index in [4.69, 9.17) is 11.6 Å². The van der Waals surface area contributed by atoms with Crippen LogP contribution in [0.25, 0.3) is 16.9 Å². The fraction of sp³-hybridized carbons (Fsp3) is 0.182. The highest BCUT2D eigenvalue weighted by Gasteiger charge is 2.23. The molecule has 1 N–H and O–H groups in total. The number of anilines is 1. The van der Waals surface area contributed by atoms with Gasteiger partial charge < -0.3 is 0 Å². The smallest absolute Gasteiger partial charge is 0.232 e. The first-order chi connectivity index (χ1) is 15.7. The average molecular weight is 488 g/mol. The molecule has 8 nitrogen and oxygen atoms in total. The van der Waals surface area contributed by atoms with E-state index in [1.54, 1.807) is 36.3 Å². The number of imidazole rings is 1. The molecule has 33 heavy (non-hydrogen) atoms. The number of carbonyl (C=O) groups excluding carboxylic acids is 1. The third kappa shape index (κ3) is 4.71. The minimum atomic E-state index is -3.68. The molecule has 0 unspecified atom stereocenters. The molecule has 0 saturated carbocycles. The summed E-state index contributed by atoms with van der Waals surface area (Å²) in [7, 11) is -3.68. The molecule has 0 bridgehead atoms. The molecule has 0 amide bonds. The van der Waals surface area contributed by atoms with Crippen LogP contribution in [0.15, 0.2) is 49.1 Å². The SMILES string of the molecule is CCCS(=O)(=O)Nc1ccc(F)c(C(=O)c2ccc3ncc(-n4cnc(C)c4)nc3c2)c1Cl. The summed E-state index contributed by atoms with van der Waals surface area (Å²) < 4.78 is 42.9. The van der Waals surface area contributed by atoms with E-state index < -0.39 is 27.2 Å². The van der Waals surface area contributed by atoms with Crippen LogP contribution in [0.2, 0.25) is 5.02 Å². The van der Waals surface area contributed by atoms with Gasteiger partial charge in [0.1, 0.15) is 12.1 Å². The van der Waals surface area contributed by atoms with Gasteiger partial charge in [-0.2, -0.15) is 0 Å². The predicted octanol–water partition coefficient (Wildman–Crippen LogP) is 4.30. The standard InChI is InChI=1S/C22H19ClFN5O3S/c1-3-8-33(31,32)28-17-7-5-15(24)20(21(17)23)22(30)14-4-6-16-18(9-14)27-19(10-25-16)29-11-13(2)26-12-29/h4-7,9-12,28H,3,8H2,1-2H3. The van der Waals surface area contributed by atoms with Crippen LogP contribution < -0.4 is 4.72 Å². The van der Waals surface area contributed by atoms with Crippen LogP contribution in [0, 0.1) is 12.7 Å². The number of hydrogen-bond donors (Lipinski definition) is 1. The highest BCUT2D eigenvalue weighted by molar-refractivity contribution is 7.92. The molecule has 0 aliphatic carbocycles. The Balaban J connectivity index is 1.74. The molecule has 2 aromatic carbocycles. The molecule has 0 fully saturated rings. The summed E-state index contributed by atoms with van der Waals surface area (Å²) >= 11 is 6.26. The second-order valence-corrected chi connectivity index (χ2v) is 9.61. The number of carbonyl (C=O) groups is 1. The average Bonchev–Trinajstić information content (AvgIpc) is 3.21. The fourth-order valence-corrected chi connectivity index (χ4v) is 4.77. The summed E-state index contributed by atoms with van der Waals surface area (Å²) in [5.41, 5.74) is 1.40. The maximum Gasteiger partial charge on any atom is 0.232 e. The van der Waals surface area contributed by atoms with Crippen molar-refractivity contribution in [3.63, 3.8) is 0 Å². The van der Waals surface area contributed by atoms with E-state index in [2.05, 4.69) is 19.7 Å². The second-order valence-electron chi connectivity index (χ2n) is 7.39. The largest absolute Gasteiger partial charge is 0.289 e. The number of hydrogen-bond acceptors (Lipinski definition) is 6. The molecule has 2 aromatic heterocycles. The van der Waals surface area contributed by atoms with Gasteiger partial charge in [-0.15, -0.1) is 0 Å². The van der Waals surface area contributed by atoms with Crippen molar-refractivity contribution in [2.45, 2.75) is 20.3 Å². The highest BCUT2D eigenvalue weighted by Crippen LogP contribution is 2.31. The highest BCUT2D eigenvalue weighted by atomic mass is 35.5. The minimum Gasteiger partial charge on any atom is -0.289 e. The van der Waals surface area contributed by atoms with Gasteiger partial charge in [0.2, 0.25) is 10.0 Å². The zero-order chi connectivity index (χ0) is 23.8. The summed E-state index contributed by atoms with van der Waals surface area (Å²) in [5.74, 6) is -1.20. The summed E-state index contributed by atoms with van der Waals surface area (Å²) in [4.78, 5) is 26.2. The number of ketones is 1. The molecule has 2 heterocycles. The van der Waals surface area contributed by atoms with Gasteiger partial charge >= 0.3 is 0 Å². The van der Waals surface area contributed by atoms with E-state index in [9.17, 15) is 17.6 Å². The number of nitrogens with zero attached hydrogens (tertiary/aromatic N) is 4. The maximum atomic E-state index is 14.6. The van der Waals surface area contributed by atoms with E-state index in [1.807, 2.05) is 6.92 Å². The van der Waals surface area contributed by atoms with Gasteiger partial charge in [-0.05, 0) is 43.7 Å². The van der Waals surface area contributed by atoms with Gasteiger partial charge in [0, 0.05) is 11.8 Å². The van der Waals surface area contributed by atoms with Crippen LogP contribution in [-0.4, -0.2) is 39.5 Å². The molecule has 0 atom stereocenters. The molecule has 11 heteroatoms. The summed E-state index contributed by atoms with van der Waals surface area (Å²) in [6.45, 7) is 3.55. The fourth-order valence-electron chi connectivity index (χ4n) is 3.28. The van der Waals surface area contributed by atoms with Crippen molar-refractivity contribution in [1.82, 2.24) is 19.5 Å². The van der Waals surface area contributed by atoms with Gasteiger partial charge in [0.15, 0.2) is 11.6 Å². The lowest BCUT2D eigenvalue weighted by atomic mass is 10.0. The minimum absolute atomic E-state index is 0.0618. The number of sulfonamides is 1. The van der Waals surface area contributed by atoms with Crippen molar-refractivity contribution < 1.29 is 17.6 Å². The lowest BCUT2D eigenvalue weighted by Crippen LogP contribution is -2.17. The van der Waals surface area contributed by atoms with E-state index in [0.717, 1.165) is 11.8 Å². The molecule has 0 aliphatic heterocycles. The van der Waals surface area contributed by atoms with E-state index >= 15 is 0 Å². The first-order valence-corrected chi connectivity index (χ1v) is 12.0. The Morgan fingerprint density at radius 1 is 1.18 bits per heavy atom. The van der Waals surface area contributed by atoms with Crippen LogP contribution in [0.3, 0.4) is 0 Å². The van der Waals surface area contributed by atoms with E-state index in [1.165, 1.54) is 18.2 Å². The van der Waals surface area contributed by atoms with Gasteiger partial charge in [-0.25, -0.2) is 22.8 Å². The summed E-state index contributed by atoms with van der Waals surface area (Å²) in [6.07, 6.45) is 5.34. The predicted molar refractivity (Wildman–Crippen MR) is 124 cm³/mol. The van der Waals surface area contributed by atoms with E-state index in [0.29, 0.717) is 23.3 Å². The lowest BCUT2D eigenvalue weighted by molar-refractivity contribution is 0.103. The molecule has 4 rings (SSSR count). The third-order valence-corrected chi connectivity index (χ3v) is 6.69. The number of aromatic nitrogens is 4. The first kappa shape index (κ1) is 22.8. The maximum absolute atomic E-state index is 14.6. The Morgan fingerprint density at radius 2 is 1.97 bits per heavy atom. The summed E-state index contributed by atoms with van der Waals surface area (Å²) in [6, 6.07) is 6.76. The van der Waals surface area contributed by atoms with Gasteiger partial charge in [-0.3, -0.25) is 19.1 Å². The van der Waals surface area contributed by atoms with Crippen molar-refractivity contribution >= 4 is 44.1 Å². The quantitative estimate of drug-likeness (QED) is 0.389. The molecule has 0 spiro atoms. The Bertz CT molecular complexity index is 1490. The van der Waals surface area contributed by atoms with Crippen molar-refractivity contribution in [2.24, 2.45) is 0 Å². The van der Waals surface area contributed by atoms with E-state index in [-0.39, 0.29) is 22.0 Å². The molecule has 4 aromatic rings. The summed E-state index contributed by atoms with van der Waals surface area (Å²) in [5, 5.41) is -0.312. The topological polar surface area (TPSA) is 107 Å². The zero-order valence-corrected chi connectivity index (χ0v) is 19.3. The molecule has 0 aliphatic rings. The van der Waals surface area contributed by atoms with Crippen molar-refractivity contribution in [3.8, 4) is 5.82 Å². The molecule has 0 radical (unpaired) electrons. The van der Waals surface area contributed by atoms with Crippen LogP contribution in [0.5, 0.6) is 0 Å². The van der Waals surface area contributed by atoms with Crippen LogP contribution >= 0.6 is 11.6 Å². The van der Waals surface area contributed by atoms with Crippen molar-refractivity contribution in [1.29, 1.82) is 0 Å². The Kier molecular flexibility index (Phi) is 6.13. The number of nitrogens with one attached hydrogen (secondary N) is 1. The molecule has 170 valence electrons. The second kappa shape index (κ2) is 8.87. The van der Waals surface area contributed by atoms with Crippen LogP contribution in [0.1, 0.15) is 35.0 Å². The number of benzene rings is 2. The monoisotopic (exact) mass is 487 g/mol. The number of rotatable bonds is 7. The Morgan fingerprint density at radius 3 is 2.67 bits per heavy atom. The normalized spacial score (nSPS) is 11.6. The Labute approximate surface area is 194 Å². The molecular weight excluding hydrogens is 469 g/mol. The number of fused-ring (bicyclic) bond motifs is 1. The first-order valence-electron chi connectivity index (χ1n) is 9.99. The lowest BCUT2D eigenvalue weighted by Gasteiger charge is -2.13. The van der Waals surface area contributed by atoms with Gasteiger partial charge in [0.25, 0.3) is 0 Å². The van der Waals surface area contributed by atoms with Crippen LogP contribution in [0.4, 0.5) is 10.1 Å². The van der Waals surface area contributed by atoms with Crippen LogP contribution in [-0.2, 0) is 10.0 Å². The number of halogens is 2. The molecule has 0 saturated heterocycles.